The van der Waals surface area contributed by atoms with Crippen molar-refractivity contribution >= 4 is 5.82 Å². The fourth-order valence-corrected chi connectivity index (χ4v) is 3.31. The summed E-state index contributed by atoms with van der Waals surface area (Å²) in [5, 5.41) is 11.2. The molecule has 0 saturated heterocycles. The number of nitro groups is 1. The number of rotatable bonds is 7. The minimum absolute atomic E-state index is 0.0150. The Hall–Kier alpha value is -2.99. The topological polar surface area (TPSA) is 70.2 Å². The van der Waals surface area contributed by atoms with Gasteiger partial charge in [0.15, 0.2) is 5.82 Å². The van der Waals surface area contributed by atoms with Crippen molar-refractivity contribution in [3.63, 3.8) is 0 Å². The molecule has 2 aromatic carbocycles. The summed E-state index contributed by atoms with van der Waals surface area (Å²) in [6.07, 6.45) is 1.06. The number of hydrogen-bond donors (Lipinski definition) is 0. The quantitative estimate of drug-likeness (QED) is 0.456. The Kier molecular flexibility index (Phi) is 5.66. The Morgan fingerprint density at radius 1 is 1.07 bits per heavy atom. The Labute approximate surface area is 158 Å². The zero-order valence-electron chi connectivity index (χ0n) is 15.8. The normalized spacial score (nSPS) is 12.1. The summed E-state index contributed by atoms with van der Waals surface area (Å²) in [6, 6.07) is 16.4. The van der Waals surface area contributed by atoms with Crippen molar-refractivity contribution in [1.29, 1.82) is 0 Å². The highest BCUT2D eigenvalue weighted by molar-refractivity contribution is 5.35. The summed E-state index contributed by atoms with van der Waals surface area (Å²) >= 11 is 0. The first kappa shape index (κ1) is 18.8. The van der Waals surface area contributed by atoms with Gasteiger partial charge in [0.1, 0.15) is 18.8 Å². The van der Waals surface area contributed by atoms with E-state index in [0.717, 1.165) is 11.1 Å². The lowest BCUT2D eigenvalue weighted by Gasteiger charge is -2.20. The van der Waals surface area contributed by atoms with Crippen LogP contribution in [0.5, 0.6) is 0 Å². The molecule has 0 aliphatic rings. The molecule has 0 fully saturated rings. The minimum Gasteiger partial charge on any atom is -0.365 e. The average Bonchev–Trinajstić information content (AvgIpc) is 2.99. The molecular weight excluding hydrogens is 342 g/mol. The molecule has 1 heterocycles. The molecule has 27 heavy (non-hydrogen) atoms. The van der Waals surface area contributed by atoms with Crippen molar-refractivity contribution in [1.82, 2.24) is 9.55 Å². The van der Waals surface area contributed by atoms with Gasteiger partial charge in [-0.2, -0.15) is 0 Å². The summed E-state index contributed by atoms with van der Waals surface area (Å²) in [6.45, 7) is 6.60. The number of ether oxygens (including phenoxy) is 1. The van der Waals surface area contributed by atoms with Gasteiger partial charge < -0.3 is 14.9 Å². The molecule has 6 nitrogen and oxygen atoms in total. The summed E-state index contributed by atoms with van der Waals surface area (Å²) in [7, 11) is 0. The second-order valence-electron chi connectivity index (χ2n) is 6.65. The average molecular weight is 365 g/mol. The van der Waals surface area contributed by atoms with Crippen LogP contribution in [-0.2, 0) is 11.3 Å². The zero-order chi connectivity index (χ0) is 19.4. The monoisotopic (exact) mass is 365 g/mol. The Morgan fingerprint density at radius 2 is 1.74 bits per heavy atom. The molecule has 0 aliphatic heterocycles. The van der Waals surface area contributed by atoms with E-state index in [-0.39, 0.29) is 11.9 Å². The van der Waals surface area contributed by atoms with Crippen LogP contribution in [0, 0.1) is 30.9 Å². The Balaban J connectivity index is 1.83. The van der Waals surface area contributed by atoms with E-state index in [4.69, 9.17) is 4.74 Å². The van der Waals surface area contributed by atoms with Crippen molar-refractivity contribution in [3.8, 4) is 0 Å². The number of benzene rings is 2. The van der Waals surface area contributed by atoms with Crippen LogP contribution in [0.4, 0.5) is 5.82 Å². The molecule has 6 heteroatoms. The number of hydrogen-bond acceptors (Lipinski definition) is 4. The molecule has 140 valence electrons. The van der Waals surface area contributed by atoms with E-state index in [1.165, 1.54) is 17.3 Å². The van der Waals surface area contributed by atoms with E-state index in [0.29, 0.717) is 19.0 Å². The van der Waals surface area contributed by atoms with Crippen LogP contribution >= 0.6 is 0 Å². The van der Waals surface area contributed by atoms with Crippen molar-refractivity contribution in [2.75, 3.05) is 6.61 Å². The Bertz CT molecular complexity index is 915. The molecule has 0 N–H and O–H groups in total. The first-order valence-electron chi connectivity index (χ1n) is 8.87. The Morgan fingerprint density at radius 3 is 2.37 bits per heavy atom. The second kappa shape index (κ2) is 8.14. The molecule has 0 aliphatic carbocycles. The highest BCUT2D eigenvalue weighted by Gasteiger charge is 2.19. The second-order valence-corrected chi connectivity index (χ2v) is 6.65. The lowest BCUT2D eigenvalue weighted by Crippen LogP contribution is -2.14. The van der Waals surface area contributed by atoms with E-state index < -0.39 is 4.92 Å². The fourth-order valence-electron chi connectivity index (χ4n) is 3.31. The van der Waals surface area contributed by atoms with Crippen LogP contribution in [0.15, 0.2) is 54.7 Å². The molecule has 0 spiro atoms. The van der Waals surface area contributed by atoms with Crippen LogP contribution in [0.25, 0.3) is 0 Å². The summed E-state index contributed by atoms with van der Waals surface area (Å²) in [4.78, 5) is 14.8. The standard InChI is InChI=1S/C21H23N3O3/c1-15-11-16(2)13-19(12-15)21(18-7-5-4-6-8-18)27-10-9-23-17(3)22-14-20(23)24(25)26/h4-8,11-14,21H,9-10H2,1-3H3. The van der Waals surface area contributed by atoms with E-state index in [2.05, 4.69) is 37.0 Å². The lowest BCUT2D eigenvalue weighted by atomic mass is 9.98. The molecular formula is C21H23N3O3. The molecule has 1 aromatic heterocycles. The van der Waals surface area contributed by atoms with E-state index in [1.807, 2.05) is 30.3 Å². The highest BCUT2D eigenvalue weighted by atomic mass is 16.6. The predicted molar refractivity (Wildman–Crippen MR) is 104 cm³/mol. The molecule has 0 amide bonds. The summed E-state index contributed by atoms with van der Waals surface area (Å²) < 4.78 is 7.79. The SMILES string of the molecule is Cc1cc(C)cc(C(OCCn2c([N+](=O)[O-])cnc2C)c2ccccc2)c1. The molecule has 0 bridgehead atoms. The maximum absolute atomic E-state index is 11.2. The van der Waals surface area contributed by atoms with Crippen LogP contribution in [-0.4, -0.2) is 21.1 Å². The highest BCUT2D eigenvalue weighted by Crippen LogP contribution is 2.28. The fraction of sp³-hybridized carbons (Fsp3) is 0.286. The third-order valence-electron chi connectivity index (χ3n) is 4.47. The first-order chi connectivity index (χ1) is 13.0. The van der Waals surface area contributed by atoms with E-state index in [9.17, 15) is 10.1 Å². The van der Waals surface area contributed by atoms with E-state index >= 15 is 0 Å². The van der Waals surface area contributed by atoms with Crippen molar-refractivity contribution in [2.24, 2.45) is 0 Å². The van der Waals surface area contributed by atoms with Crippen LogP contribution in [0.3, 0.4) is 0 Å². The van der Waals surface area contributed by atoms with Crippen LogP contribution < -0.4 is 0 Å². The van der Waals surface area contributed by atoms with Gasteiger partial charge in [0.25, 0.3) is 0 Å². The van der Waals surface area contributed by atoms with Gasteiger partial charge in [-0.15, -0.1) is 0 Å². The van der Waals surface area contributed by atoms with Gasteiger partial charge in [-0.05, 0) is 29.9 Å². The number of aryl methyl sites for hydroxylation is 3. The zero-order valence-corrected chi connectivity index (χ0v) is 15.8. The van der Waals surface area contributed by atoms with Gasteiger partial charge in [0, 0.05) is 6.92 Å². The number of aromatic nitrogens is 2. The third kappa shape index (κ3) is 4.41. The van der Waals surface area contributed by atoms with Crippen molar-refractivity contribution in [2.45, 2.75) is 33.4 Å². The summed E-state index contributed by atoms with van der Waals surface area (Å²) in [5.41, 5.74) is 4.49. The molecule has 3 aromatic rings. The largest absolute Gasteiger partial charge is 0.365 e. The third-order valence-corrected chi connectivity index (χ3v) is 4.47. The molecule has 3 rings (SSSR count). The van der Waals surface area contributed by atoms with Crippen molar-refractivity contribution < 1.29 is 9.66 Å². The van der Waals surface area contributed by atoms with Gasteiger partial charge in [0.2, 0.25) is 0 Å². The molecule has 1 atom stereocenters. The number of imidazole rings is 1. The van der Waals surface area contributed by atoms with Crippen LogP contribution in [0.2, 0.25) is 0 Å². The summed E-state index contributed by atoms with van der Waals surface area (Å²) in [5.74, 6) is 0.590. The molecule has 1 unspecified atom stereocenters. The minimum atomic E-state index is -0.418. The van der Waals surface area contributed by atoms with Gasteiger partial charge >= 0.3 is 5.82 Å². The van der Waals surface area contributed by atoms with Gasteiger partial charge in [-0.1, -0.05) is 59.7 Å². The van der Waals surface area contributed by atoms with Gasteiger partial charge in [-0.25, -0.2) is 9.55 Å². The lowest BCUT2D eigenvalue weighted by molar-refractivity contribution is -0.392. The first-order valence-corrected chi connectivity index (χ1v) is 8.87. The number of nitrogens with zero attached hydrogens (tertiary/aromatic N) is 3. The molecule has 0 radical (unpaired) electrons. The van der Waals surface area contributed by atoms with Crippen LogP contribution in [0.1, 0.15) is 34.2 Å². The smallest absolute Gasteiger partial charge is 0.342 e. The van der Waals surface area contributed by atoms with Gasteiger partial charge in [0.05, 0.1) is 6.61 Å². The molecule has 0 saturated carbocycles. The maximum atomic E-state index is 11.2. The van der Waals surface area contributed by atoms with Crippen molar-refractivity contribution in [3.05, 3.63) is 92.9 Å². The maximum Gasteiger partial charge on any atom is 0.342 e. The van der Waals surface area contributed by atoms with Gasteiger partial charge in [-0.3, -0.25) is 0 Å². The van der Waals surface area contributed by atoms with E-state index in [1.54, 1.807) is 11.5 Å². The predicted octanol–water partition coefficient (Wildman–Crippen LogP) is 4.52.